The fourth-order valence-corrected chi connectivity index (χ4v) is 3.17. The summed E-state index contributed by atoms with van der Waals surface area (Å²) in [6.07, 6.45) is 0. The van der Waals surface area contributed by atoms with E-state index >= 15 is 0 Å². The number of aryl methyl sites for hydroxylation is 1. The number of imidazole rings is 1. The topological polar surface area (TPSA) is 67.0 Å². The van der Waals surface area contributed by atoms with Gasteiger partial charge in [0.15, 0.2) is 5.16 Å². The van der Waals surface area contributed by atoms with Crippen LogP contribution in [0.3, 0.4) is 0 Å². The number of hydrogen-bond acceptors (Lipinski definition) is 5. The van der Waals surface area contributed by atoms with Crippen LogP contribution in [-0.4, -0.2) is 40.9 Å². The number of thioether (sulfide) groups is 1. The molecular weight excluding hydrogens is 286 g/mol. The van der Waals surface area contributed by atoms with Gasteiger partial charge in [0, 0.05) is 5.75 Å². The molecule has 2 aromatic rings. The molecule has 0 saturated carbocycles. The summed E-state index contributed by atoms with van der Waals surface area (Å²) in [7, 11) is 1.41. The Morgan fingerprint density at radius 1 is 1.52 bits per heavy atom. The smallest absolute Gasteiger partial charge is 0.326 e. The summed E-state index contributed by atoms with van der Waals surface area (Å²) >= 11 is 1.51. The van der Waals surface area contributed by atoms with Crippen molar-refractivity contribution in [2.24, 2.45) is 0 Å². The molecule has 2 rings (SSSR count). The number of benzene rings is 1. The minimum atomic E-state index is -0.719. The van der Waals surface area contributed by atoms with Gasteiger partial charge in [0.05, 0.1) is 18.1 Å². The van der Waals surface area contributed by atoms with Gasteiger partial charge in [-0.15, -0.1) is 0 Å². The Morgan fingerprint density at radius 3 is 2.95 bits per heavy atom. The third kappa shape index (κ3) is 3.57. The van der Waals surface area contributed by atoms with Crippen LogP contribution in [0, 0.1) is 6.92 Å². The number of likely N-dealkylation sites (N-methyl/N-ethyl adjacent to an activating group) is 1. The number of H-pyrrole nitrogens is 1. The third-order valence-corrected chi connectivity index (χ3v) is 4.50. The lowest BCUT2D eigenvalue weighted by atomic mass is 10.1. The van der Waals surface area contributed by atoms with Crippen LogP contribution >= 0.6 is 11.8 Å². The molecule has 1 aromatic heterocycles. The zero-order valence-electron chi connectivity index (χ0n) is 12.8. The second kappa shape index (κ2) is 6.49. The number of fused-ring (bicyclic) bond motifs is 1. The first kappa shape index (κ1) is 15.9. The summed E-state index contributed by atoms with van der Waals surface area (Å²) in [4.78, 5) is 19.7. The van der Waals surface area contributed by atoms with Gasteiger partial charge < -0.3 is 15.0 Å². The van der Waals surface area contributed by atoms with E-state index in [2.05, 4.69) is 21.4 Å². The van der Waals surface area contributed by atoms with Crippen LogP contribution < -0.4 is 5.32 Å². The average molecular weight is 307 g/mol. The lowest BCUT2D eigenvalue weighted by Gasteiger charge is -2.26. The van der Waals surface area contributed by atoms with Crippen molar-refractivity contribution < 1.29 is 9.53 Å². The maximum atomic E-state index is 11.9. The van der Waals surface area contributed by atoms with Gasteiger partial charge in [-0.05, 0) is 38.1 Å². The highest BCUT2D eigenvalue weighted by Crippen LogP contribution is 2.24. The van der Waals surface area contributed by atoms with Crippen molar-refractivity contribution >= 4 is 28.8 Å². The molecule has 0 saturated heterocycles. The largest absolute Gasteiger partial charge is 0.468 e. The fraction of sp³-hybridized carbons (Fsp3) is 0.467. The number of nitrogens with zero attached hydrogens (tertiary/aromatic N) is 1. The predicted molar refractivity (Wildman–Crippen MR) is 85.7 cm³/mol. The van der Waals surface area contributed by atoms with Crippen molar-refractivity contribution in [1.29, 1.82) is 0 Å². The fourth-order valence-electron chi connectivity index (χ4n) is 2.18. The van der Waals surface area contributed by atoms with Gasteiger partial charge in [-0.1, -0.05) is 24.8 Å². The molecule has 21 heavy (non-hydrogen) atoms. The number of hydrogen-bond donors (Lipinski definition) is 2. The van der Waals surface area contributed by atoms with Crippen molar-refractivity contribution in [3.05, 3.63) is 23.8 Å². The number of methoxy groups -OCH3 is 1. The van der Waals surface area contributed by atoms with E-state index in [4.69, 9.17) is 4.74 Å². The molecule has 1 unspecified atom stereocenters. The van der Waals surface area contributed by atoms with Gasteiger partial charge in [-0.25, -0.2) is 4.98 Å². The zero-order valence-corrected chi connectivity index (χ0v) is 13.6. The molecule has 1 aromatic carbocycles. The SMILES string of the molecule is CCNC(C)(CSc1nc2ccc(C)cc2[nH]1)C(=O)OC. The van der Waals surface area contributed by atoms with E-state index in [1.807, 2.05) is 32.9 Å². The highest BCUT2D eigenvalue weighted by Gasteiger charge is 2.33. The normalized spacial score (nSPS) is 14.1. The molecule has 0 aliphatic heterocycles. The number of aromatic amines is 1. The molecule has 6 heteroatoms. The molecule has 0 aliphatic rings. The molecule has 114 valence electrons. The minimum absolute atomic E-state index is 0.260. The zero-order chi connectivity index (χ0) is 15.5. The summed E-state index contributed by atoms with van der Waals surface area (Å²) in [5.41, 5.74) is 2.42. The molecule has 1 heterocycles. The van der Waals surface area contributed by atoms with Gasteiger partial charge in [0.25, 0.3) is 0 Å². The van der Waals surface area contributed by atoms with E-state index in [0.29, 0.717) is 12.3 Å². The number of rotatable bonds is 6. The predicted octanol–water partition coefficient (Wildman–Crippen LogP) is 2.50. The van der Waals surface area contributed by atoms with Crippen LogP contribution in [0.5, 0.6) is 0 Å². The number of carbonyl (C=O) groups is 1. The van der Waals surface area contributed by atoms with Crippen LogP contribution in [0.2, 0.25) is 0 Å². The van der Waals surface area contributed by atoms with Crippen molar-refractivity contribution in [2.45, 2.75) is 31.5 Å². The van der Waals surface area contributed by atoms with E-state index in [9.17, 15) is 4.79 Å². The van der Waals surface area contributed by atoms with E-state index < -0.39 is 5.54 Å². The number of ether oxygens (including phenoxy) is 1. The summed E-state index contributed by atoms with van der Waals surface area (Å²) in [6.45, 7) is 6.57. The van der Waals surface area contributed by atoms with E-state index in [0.717, 1.165) is 16.2 Å². The third-order valence-electron chi connectivity index (χ3n) is 3.32. The second-order valence-corrected chi connectivity index (χ2v) is 6.17. The Morgan fingerprint density at radius 2 is 2.29 bits per heavy atom. The van der Waals surface area contributed by atoms with Crippen molar-refractivity contribution in [2.75, 3.05) is 19.4 Å². The number of carbonyl (C=O) groups excluding carboxylic acids is 1. The Labute approximate surface area is 128 Å². The Hall–Kier alpha value is -1.53. The molecular formula is C15H21N3O2S. The standard InChI is InChI=1S/C15H21N3O2S/c1-5-16-15(3,13(19)20-4)9-21-14-17-11-7-6-10(2)8-12(11)18-14/h6-8,16H,5,9H2,1-4H3,(H,17,18). The molecule has 0 fully saturated rings. The molecule has 0 bridgehead atoms. The van der Waals surface area contributed by atoms with E-state index in [1.165, 1.54) is 24.4 Å². The van der Waals surface area contributed by atoms with Gasteiger partial charge in [-0.3, -0.25) is 4.79 Å². The first-order valence-electron chi connectivity index (χ1n) is 6.91. The summed E-state index contributed by atoms with van der Waals surface area (Å²) in [5.74, 6) is 0.288. The summed E-state index contributed by atoms with van der Waals surface area (Å²) in [6, 6.07) is 6.10. The monoisotopic (exact) mass is 307 g/mol. The molecule has 2 N–H and O–H groups in total. The Bertz CT molecular complexity index is 641. The van der Waals surface area contributed by atoms with Gasteiger partial charge in [-0.2, -0.15) is 0 Å². The lowest BCUT2D eigenvalue weighted by Crippen LogP contribution is -2.52. The first-order valence-corrected chi connectivity index (χ1v) is 7.89. The van der Waals surface area contributed by atoms with Crippen LogP contribution in [-0.2, 0) is 9.53 Å². The van der Waals surface area contributed by atoms with Crippen LogP contribution in [0.25, 0.3) is 11.0 Å². The number of esters is 1. The van der Waals surface area contributed by atoms with Crippen LogP contribution in [0.15, 0.2) is 23.4 Å². The number of aromatic nitrogens is 2. The molecule has 0 radical (unpaired) electrons. The molecule has 1 atom stereocenters. The Balaban J connectivity index is 2.13. The molecule has 0 spiro atoms. The second-order valence-electron chi connectivity index (χ2n) is 5.21. The quantitative estimate of drug-likeness (QED) is 0.634. The summed E-state index contributed by atoms with van der Waals surface area (Å²) < 4.78 is 4.89. The van der Waals surface area contributed by atoms with Gasteiger partial charge in [0.1, 0.15) is 5.54 Å². The molecule has 0 aliphatic carbocycles. The van der Waals surface area contributed by atoms with E-state index in [1.54, 1.807) is 0 Å². The van der Waals surface area contributed by atoms with Crippen LogP contribution in [0.4, 0.5) is 0 Å². The summed E-state index contributed by atoms with van der Waals surface area (Å²) in [5, 5.41) is 3.99. The van der Waals surface area contributed by atoms with Crippen molar-refractivity contribution in [3.63, 3.8) is 0 Å². The number of nitrogens with one attached hydrogen (secondary N) is 2. The maximum absolute atomic E-state index is 11.9. The molecule has 5 nitrogen and oxygen atoms in total. The molecule has 0 amide bonds. The average Bonchev–Trinajstić information content (AvgIpc) is 2.86. The van der Waals surface area contributed by atoms with Crippen LogP contribution in [0.1, 0.15) is 19.4 Å². The maximum Gasteiger partial charge on any atom is 0.326 e. The minimum Gasteiger partial charge on any atom is -0.468 e. The first-order chi connectivity index (χ1) is 9.98. The highest BCUT2D eigenvalue weighted by molar-refractivity contribution is 7.99. The highest BCUT2D eigenvalue weighted by atomic mass is 32.2. The van der Waals surface area contributed by atoms with E-state index in [-0.39, 0.29) is 5.97 Å². The Kier molecular flexibility index (Phi) is 4.90. The van der Waals surface area contributed by atoms with Crippen molar-refractivity contribution in [3.8, 4) is 0 Å². The van der Waals surface area contributed by atoms with Crippen molar-refractivity contribution in [1.82, 2.24) is 15.3 Å². The lowest BCUT2D eigenvalue weighted by molar-refractivity contribution is -0.146. The van der Waals surface area contributed by atoms with Gasteiger partial charge >= 0.3 is 5.97 Å². The van der Waals surface area contributed by atoms with Gasteiger partial charge in [0.2, 0.25) is 0 Å².